The Kier molecular flexibility index (Phi) is 4.11. The van der Waals surface area contributed by atoms with Gasteiger partial charge in [0.1, 0.15) is 10.0 Å². The van der Waals surface area contributed by atoms with Crippen molar-refractivity contribution >= 4 is 43.8 Å². The summed E-state index contributed by atoms with van der Waals surface area (Å²) in [5.74, 6) is -0.00832. The Balaban J connectivity index is 1.57. The number of rotatable bonds is 4. The van der Waals surface area contributed by atoms with E-state index in [1.54, 1.807) is 11.3 Å². The number of anilines is 1. The van der Waals surface area contributed by atoms with Crippen molar-refractivity contribution in [3.05, 3.63) is 71.6 Å². The molecule has 3 nitrogen and oxygen atoms in total. The molecule has 4 aromatic rings. The average molecular weight is 350 g/mol. The van der Waals surface area contributed by atoms with Crippen molar-refractivity contribution in [3.8, 4) is 10.6 Å². The number of nitrogens with one attached hydrogen (secondary N) is 1. The van der Waals surface area contributed by atoms with Crippen LogP contribution >= 0.6 is 22.7 Å². The van der Waals surface area contributed by atoms with Crippen LogP contribution in [0.3, 0.4) is 0 Å². The maximum atomic E-state index is 12.3. The van der Waals surface area contributed by atoms with E-state index < -0.39 is 0 Å². The number of aromatic nitrogens is 1. The first-order valence-corrected chi connectivity index (χ1v) is 9.26. The maximum absolute atomic E-state index is 12.3. The molecule has 0 aliphatic heterocycles. The second kappa shape index (κ2) is 6.55. The molecule has 118 valence electrons. The fraction of sp³-hybridized carbons (Fsp3) is 0.0526. The summed E-state index contributed by atoms with van der Waals surface area (Å²) in [7, 11) is 0. The molecule has 0 aliphatic rings. The lowest BCUT2D eigenvalue weighted by molar-refractivity contribution is -0.115. The highest BCUT2D eigenvalue weighted by Gasteiger charge is 2.14. The SMILES string of the molecule is O=C(Cc1ccccc1)Nc1sccc1-c1nc2ccccc2s1. The lowest BCUT2D eigenvalue weighted by Gasteiger charge is -2.05. The van der Waals surface area contributed by atoms with Crippen LogP contribution < -0.4 is 5.32 Å². The van der Waals surface area contributed by atoms with Gasteiger partial charge in [0.15, 0.2) is 0 Å². The predicted octanol–water partition coefficient (Wildman–Crippen LogP) is 5.21. The highest BCUT2D eigenvalue weighted by Crippen LogP contribution is 2.37. The second-order valence-corrected chi connectivity index (χ2v) is 7.31. The zero-order valence-electron chi connectivity index (χ0n) is 12.7. The zero-order chi connectivity index (χ0) is 16.4. The summed E-state index contributed by atoms with van der Waals surface area (Å²) in [5, 5.41) is 6.81. The molecule has 2 aromatic heterocycles. The molecule has 0 unspecified atom stereocenters. The summed E-state index contributed by atoms with van der Waals surface area (Å²) in [6.07, 6.45) is 0.373. The minimum absolute atomic E-state index is 0.00832. The summed E-state index contributed by atoms with van der Waals surface area (Å²) in [4.78, 5) is 17.0. The van der Waals surface area contributed by atoms with E-state index in [0.29, 0.717) is 6.42 Å². The number of thiazole rings is 1. The molecule has 0 saturated carbocycles. The van der Waals surface area contributed by atoms with Gasteiger partial charge in [0.25, 0.3) is 0 Å². The molecule has 1 amide bonds. The quantitative estimate of drug-likeness (QED) is 0.549. The first-order valence-electron chi connectivity index (χ1n) is 7.57. The Morgan fingerprint density at radius 1 is 1.00 bits per heavy atom. The normalized spacial score (nSPS) is 10.8. The topological polar surface area (TPSA) is 42.0 Å². The Labute approximate surface area is 147 Å². The van der Waals surface area contributed by atoms with Crippen molar-refractivity contribution in [2.45, 2.75) is 6.42 Å². The predicted molar refractivity (Wildman–Crippen MR) is 102 cm³/mol. The van der Waals surface area contributed by atoms with E-state index in [-0.39, 0.29) is 5.91 Å². The number of amides is 1. The summed E-state index contributed by atoms with van der Waals surface area (Å²) in [6, 6.07) is 19.9. The molecule has 5 heteroatoms. The first-order chi connectivity index (χ1) is 11.8. The monoisotopic (exact) mass is 350 g/mol. The molecule has 1 N–H and O–H groups in total. The van der Waals surface area contributed by atoms with Gasteiger partial charge in [-0.25, -0.2) is 4.98 Å². The van der Waals surface area contributed by atoms with Crippen molar-refractivity contribution in [3.63, 3.8) is 0 Å². The van der Waals surface area contributed by atoms with Gasteiger partial charge in [-0.3, -0.25) is 4.79 Å². The molecule has 24 heavy (non-hydrogen) atoms. The molecule has 0 aliphatic carbocycles. The molecule has 2 heterocycles. The summed E-state index contributed by atoms with van der Waals surface area (Å²) < 4.78 is 1.15. The number of thiophene rings is 1. The van der Waals surface area contributed by atoms with Gasteiger partial charge in [0.2, 0.25) is 5.91 Å². The molecular weight excluding hydrogens is 336 g/mol. The van der Waals surface area contributed by atoms with Gasteiger partial charge < -0.3 is 5.32 Å². The van der Waals surface area contributed by atoms with Crippen LogP contribution in [0.25, 0.3) is 20.8 Å². The Hall–Kier alpha value is -2.50. The van der Waals surface area contributed by atoms with Crippen LogP contribution in [-0.2, 0) is 11.2 Å². The molecule has 0 bridgehead atoms. The minimum atomic E-state index is -0.00832. The number of carbonyl (C=O) groups is 1. The molecule has 0 fully saturated rings. The smallest absolute Gasteiger partial charge is 0.229 e. The number of hydrogen-bond donors (Lipinski definition) is 1. The van der Waals surface area contributed by atoms with Gasteiger partial charge in [0, 0.05) is 5.56 Å². The van der Waals surface area contributed by atoms with Crippen LogP contribution in [0.1, 0.15) is 5.56 Å². The van der Waals surface area contributed by atoms with Crippen molar-refractivity contribution in [2.24, 2.45) is 0 Å². The standard InChI is InChI=1S/C19H14N2OS2/c22-17(12-13-6-2-1-3-7-13)21-18-14(10-11-23-18)19-20-15-8-4-5-9-16(15)24-19/h1-11H,12H2,(H,21,22). The van der Waals surface area contributed by atoms with Crippen LogP contribution in [0.2, 0.25) is 0 Å². The lowest BCUT2D eigenvalue weighted by atomic mass is 10.1. The van der Waals surface area contributed by atoms with Crippen molar-refractivity contribution < 1.29 is 4.79 Å². The summed E-state index contributed by atoms with van der Waals surface area (Å²) in [5.41, 5.74) is 2.99. The van der Waals surface area contributed by atoms with Crippen LogP contribution in [0.5, 0.6) is 0 Å². The molecular formula is C19H14N2OS2. The van der Waals surface area contributed by atoms with Crippen LogP contribution in [0.4, 0.5) is 5.00 Å². The fourth-order valence-electron chi connectivity index (χ4n) is 2.51. The highest BCUT2D eigenvalue weighted by molar-refractivity contribution is 7.22. The number of benzene rings is 2. The molecule has 0 saturated heterocycles. The van der Waals surface area contributed by atoms with E-state index in [4.69, 9.17) is 0 Å². The van der Waals surface area contributed by atoms with Crippen molar-refractivity contribution in [2.75, 3.05) is 5.32 Å². The van der Waals surface area contributed by atoms with E-state index in [0.717, 1.165) is 31.4 Å². The Bertz CT molecular complexity index is 956. The average Bonchev–Trinajstić information content (AvgIpc) is 3.21. The number of nitrogens with zero attached hydrogens (tertiary/aromatic N) is 1. The molecule has 0 atom stereocenters. The minimum Gasteiger partial charge on any atom is -0.317 e. The Morgan fingerprint density at radius 2 is 1.79 bits per heavy atom. The van der Waals surface area contributed by atoms with Crippen LogP contribution in [0.15, 0.2) is 66.0 Å². The van der Waals surface area contributed by atoms with Crippen molar-refractivity contribution in [1.82, 2.24) is 4.98 Å². The van der Waals surface area contributed by atoms with E-state index in [2.05, 4.69) is 16.4 Å². The zero-order valence-corrected chi connectivity index (χ0v) is 14.4. The third kappa shape index (κ3) is 3.09. The van der Waals surface area contributed by atoms with E-state index in [1.807, 2.05) is 60.0 Å². The highest BCUT2D eigenvalue weighted by atomic mass is 32.1. The largest absolute Gasteiger partial charge is 0.317 e. The summed E-state index contributed by atoms with van der Waals surface area (Å²) >= 11 is 3.17. The number of para-hydroxylation sites is 1. The van der Waals surface area contributed by atoms with E-state index >= 15 is 0 Å². The maximum Gasteiger partial charge on any atom is 0.229 e. The number of carbonyl (C=O) groups excluding carboxylic acids is 1. The third-order valence-electron chi connectivity index (χ3n) is 3.65. The van der Waals surface area contributed by atoms with E-state index in [1.165, 1.54) is 11.3 Å². The molecule has 2 aromatic carbocycles. The fourth-order valence-corrected chi connectivity index (χ4v) is 4.38. The van der Waals surface area contributed by atoms with E-state index in [9.17, 15) is 4.79 Å². The second-order valence-electron chi connectivity index (χ2n) is 5.36. The molecule has 4 rings (SSSR count). The molecule has 0 spiro atoms. The van der Waals surface area contributed by atoms with Gasteiger partial charge in [0.05, 0.1) is 16.6 Å². The number of fused-ring (bicyclic) bond motifs is 1. The van der Waals surface area contributed by atoms with Gasteiger partial charge >= 0.3 is 0 Å². The molecule has 0 radical (unpaired) electrons. The lowest BCUT2D eigenvalue weighted by Crippen LogP contribution is -2.13. The van der Waals surface area contributed by atoms with Crippen LogP contribution in [0, 0.1) is 0 Å². The van der Waals surface area contributed by atoms with Gasteiger partial charge in [-0.2, -0.15) is 0 Å². The third-order valence-corrected chi connectivity index (χ3v) is 5.55. The first kappa shape index (κ1) is 15.1. The van der Waals surface area contributed by atoms with Gasteiger partial charge in [-0.1, -0.05) is 42.5 Å². The van der Waals surface area contributed by atoms with Gasteiger partial charge in [-0.15, -0.1) is 22.7 Å². The number of hydrogen-bond acceptors (Lipinski definition) is 4. The van der Waals surface area contributed by atoms with Crippen molar-refractivity contribution in [1.29, 1.82) is 0 Å². The summed E-state index contributed by atoms with van der Waals surface area (Å²) in [6.45, 7) is 0. The van der Waals surface area contributed by atoms with Crippen LogP contribution in [-0.4, -0.2) is 10.9 Å². The Morgan fingerprint density at radius 3 is 2.62 bits per heavy atom. The van der Waals surface area contributed by atoms with Gasteiger partial charge in [-0.05, 0) is 29.1 Å².